The number of nitrogens with one attached hydrogen (secondary N) is 1. The molecule has 0 bridgehead atoms. The minimum absolute atomic E-state index is 0.0323. The zero-order valence-electron chi connectivity index (χ0n) is 34.8. The molecular weight excluding hydrogens is 700 g/mol. The van der Waals surface area contributed by atoms with Crippen molar-refractivity contribution in [2.75, 3.05) is 6.54 Å². The zero-order valence-corrected chi connectivity index (χ0v) is 35.6. The highest BCUT2D eigenvalue weighted by atomic mass is 35.5. The van der Waals surface area contributed by atoms with E-state index in [0.717, 1.165) is 62.6 Å². The maximum Gasteiger partial charge on any atom is 0.309 e. The third-order valence-electron chi connectivity index (χ3n) is 16.6. The van der Waals surface area contributed by atoms with E-state index in [1.807, 2.05) is 12.1 Å². The number of Topliss-reactive ketones (excluding diaryl/α,β-unsaturated/α-hetero) is 1. The van der Waals surface area contributed by atoms with Crippen molar-refractivity contribution in [3.05, 3.63) is 40.2 Å². The van der Waals surface area contributed by atoms with Crippen LogP contribution in [0.4, 0.5) is 0 Å². The zero-order chi connectivity index (χ0) is 40.0. The number of esters is 1. The fraction of sp³-hybridized carbons (Fsp3) is 0.778. The number of hydrogen-bond donors (Lipinski definition) is 3. The standard InChI is InChI=1S/C45H67ClN2O6/c1-26(2)36-29(49)22-45(33(50)25-48-41(7,8)32-15-12-27(46)24-47-32)21-20-43(10)28(37(36)45)13-14-31-42(9)18-17-34(54-35(51)23-39(3,4)38(52)53)40(5,6)30(42)16-19-44(31,43)11/h12,15,24,26,28,30-31,33-34,48,50H,13-14,16-23,25H2,1-11H3,(H,52,53)/t28-,30?,31-,33-,34+,42+,43-,44-,45+/m1/s1. The highest BCUT2D eigenvalue weighted by Gasteiger charge is 2.70. The molecule has 1 unspecified atom stereocenters. The van der Waals surface area contributed by atoms with Crippen LogP contribution in [0.5, 0.6) is 0 Å². The number of fused-ring (bicyclic) bond motifs is 7. The summed E-state index contributed by atoms with van der Waals surface area (Å²) in [6.07, 6.45) is 8.59. The summed E-state index contributed by atoms with van der Waals surface area (Å²) in [5.74, 6) is -0.0675. The van der Waals surface area contributed by atoms with Crippen LogP contribution < -0.4 is 5.32 Å². The molecule has 0 aliphatic heterocycles. The summed E-state index contributed by atoms with van der Waals surface area (Å²) in [4.78, 5) is 43.6. The molecule has 0 amide bonds. The molecule has 9 atom stereocenters. The van der Waals surface area contributed by atoms with Crippen molar-refractivity contribution in [2.24, 2.45) is 56.2 Å². The van der Waals surface area contributed by atoms with Gasteiger partial charge < -0.3 is 20.3 Å². The van der Waals surface area contributed by atoms with Crippen molar-refractivity contribution >= 4 is 29.3 Å². The number of halogens is 1. The fourth-order valence-corrected chi connectivity index (χ4v) is 13.4. The number of carbonyl (C=O) groups excluding carboxylic acids is 2. The van der Waals surface area contributed by atoms with Crippen LogP contribution in [0, 0.1) is 56.2 Å². The van der Waals surface area contributed by atoms with E-state index in [9.17, 15) is 24.6 Å². The number of nitrogens with zero attached hydrogens (tertiary/aromatic N) is 1. The van der Waals surface area contributed by atoms with Gasteiger partial charge in [0.1, 0.15) is 6.10 Å². The Labute approximate surface area is 329 Å². The first-order valence-corrected chi connectivity index (χ1v) is 21.0. The molecule has 5 aliphatic rings. The Balaban J connectivity index is 1.27. The van der Waals surface area contributed by atoms with Gasteiger partial charge in [0.15, 0.2) is 5.78 Å². The van der Waals surface area contributed by atoms with Gasteiger partial charge in [0.25, 0.3) is 0 Å². The number of carboxylic acids is 1. The van der Waals surface area contributed by atoms with Crippen molar-refractivity contribution in [1.82, 2.24) is 10.3 Å². The van der Waals surface area contributed by atoms with Crippen molar-refractivity contribution in [3.8, 4) is 0 Å². The number of aliphatic hydroxyl groups excluding tert-OH is 1. The molecule has 1 aromatic heterocycles. The second-order valence-electron chi connectivity index (χ2n) is 20.9. The van der Waals surface area contributed by atoms with Gasteiger partial charge in [0.05, 0.1) is 34.2 Å². The lowest BCUT2D eigenvalue weighted by Gasteiger charge is -2.72. The average Bonchev–Trinajstić information content (AvgIpc) is 3.38. The molecule has 0 spiro atoms. The van der Waals surface area contributed by atoms with E-state index in [-0.39, 0.29) is 51.8 Å². The summed E-state index contributed by atoms with van der Waals surface area (Å²) in [5, 5.41) is 26.2. The van der Waals surface area contributed by atoms with Crippen molar-refractivity contribution in [1.29, 1.82) is 0 Å². The van der Waals surface area contributed by atoms with E-state index in [0.29, 0.717) is 29.8 Å². The molecule has 5 aliphatic carbocycles. The van der Waals surface area contributed by atoms with Crippen molar-refractivity contribution in [2.45, 2.75) is 158 Å². The Kier molecular flexibility index (Phi) is 10.5. The van der Waals surface area contributed by atoms with Crippen LogP contribution in [0.15, 0.2) is 29.5 Å². The number of ketones is 1. The molecule has 1 heterocycles. The summed E-state index contributed by atoms with van der Waals surface area (Å²) < 4.78 is 6.17. The van der Waals surface area contributed by atoms with Crippen molar-refractivity contribution in [3.63, 3.8) is 0 Å². The van der Waals surface area contributed by atoms with E-state index in [1.165, 1.54) is 5.57 Å². The Hall–Kier alpha value is -2.29. The van der Waals surface area contributed by atoms with Crippen molar-refractivity contribution < 1.29 is 29.3 Å². The first kappa shape index (κ1) is 41.3. The molecule has 4 saturated carbocycles. The van der Waals surface area contributed by atoms with Crippen LogP contribution in [0.3, 0.4) is 0 Å². The van der Waals surface area contributed by atoms with E-state index >= 15 is 0 Å². The Morgan fingerprint density at radius 1 is 0.963 bits per heavy atom. The Morgan fingerprint density at radius 2 is 1.65 bits per heavy atom. The molecule has 6 rings (SSSR count). The number of rotatable bonds is 10. The third-order valence-corrected chi connectivity index (χ3v) is 16.8. The van der Waals surface area contributed by atoms with Crippen LogP contribution in [0.2, 0.25) is 5.02 Å². The summed E-state index contributed by atoms with van der Waals surface area (Å²) >= 11 is 6.13. The van der Waals surface area contributed by atoms with Gasteiger partial charge in [-0.3, -0.25) is 19.4 Å². The molecule has 300 valence electrons. The van der Waals surface area contributed by atoms with Gasteiger partial charge in [-0.15, -0.1) is 0 Å². The number of aliphatic hydroxyl groups is 1. The molecule has 4 fully saturated rings. The summed E-state index contributed by atoms with van der Waals surface area (Å²) in [6, 6.07) is 3.76. The van der Waals surface area contributed by atoms with E-state index in [4.69, 9.17) is 16.3 Å². The van der Waals surface area contributed by atoms with Gasteiger partial charge in [-0.1, -0.05) is 65.6 Å². The van der Waals surface area contributed by atoms with Crippen LogP contribution >= 0.6 is 11.6 Å². The van der Waals surface area contributed by atoms with E-state index < -0.39 is 34.4 Å². The predicted octanol–water partition coefficient (Wildman–Crippen LogP) is 9.31. The number of pyridine rings is 1. The topological polar surface area (TPSA) is 126 Å². The molecule has 0 radical (unpaired) electrons. The maximum atomic E-state index is 14.1. The molecule has 54 heavy (non-hydrogen) atoms. The number of allylic oxidation sites excluding steroid dienone is 1. The molecule has 1 aromatic rings. The molecular formula is C45H67ClN2O6. The van der Waals surface area contributed by atoms with Gasteiger partial charge in [-0.2, -0.15) is 0 Å². The maximum absolute atomic E-state index is 14.1. The van der Waals surface area contributed by atoms with E-state index in [2.05, 4.69) is 72.6 Å². The van der Waals surface area contributed by atoms with Crippen LogP contribution in [-0.4, -0.2) is 51.7 Å². The lowest BCUT2D eigenvalue weighted by atomic mass is 9.33. The third kappa shape index (κ3) is 6.31. The van der Waals surface area contributed by atoms with E-state index in [1.54, 1.807) is 20.0 Å². The minimum atomic E-state index is -1.17. The smallest absolute Gasteiger partial charge is 0.309 e. The molecule has 9 heteroatoms. The highest BCUT2D eigenvalue weighted by molar-refractivity contribution is 6.30. The lowest BCUT2D eigenvalue weighted by Crippen LogP contribution is -2.66. The number of carboxylic acid groups (broad SMARTS) is 1. The van der Waals surface area contributed by atoms with Crippen LogP contribution in [-0.2, 0) is 24.7 Å². The van der Waals surface area contributed by atoms with Gasteiger partial charge in [-0.05, 0) is 137 Å². The van der Waals surface area contributed by atoms with Gasteiger partial charge in [-0.25, -0.2) is 0 Å². The summed E-state index contributed by atoms with van der Waals surface area (Å²) in [6.45, 7) is 24.1. The largest absolute Gasteiger partial charge is 0.481 e. The minimum Gasteiger partial charge on any atom is -0.481 e. The SMILES string of the molecule is CC(C)C1=C2[C@H]3CC[C@@H]4[C@@]5(C)CC[C@H](OC(=O)CC(C)(C)C(=O)O)C(C)(C)C5CC[C@@]4(C)[C@]3(C)CC[C@@]2([C@H](O)CNC(C)(C)c2ccc(Cl)cn2)CC1=O. The summed E-state index contributed by atoms with van der Waals surface area (Å²) in [7, 11) is 0. The first-order valence-electron chi connectivity index (χ1n) is 20.6. The Bertz CT molecular complexity index is 1700. The fourth-order valence-electron chi connectivity index (χ4n) is 13.3. The van der Waals surface area contributed by atoms with Gasteiger partial charge in [0.2, 0.25) is 0 Å². The van der Waals surface area contributed by atoms with Crippen LogP contribution in [0.1, 0.15) is 146 Å². The summed E-state index contributed by atoms with van der Waals surface area (Å²) in [5.41, 5.74) is 0.618. The number of carbonyl (C=O) groups is 3. The average molecular weight is 767 g/mol. The second-order valence-corrected chi connectivity index (χ2v) is 21.4. The number of aromatic nitrogens is 1. The molecule has 0 saturated heterocycles. The Morgan fingerprint density at radius 3 is 2.26 bits per heavy atom. The number of ether oxygens (including phenoxy) is 1. The van der Waals surface area contributed by atoms with Gasteiger partial charge in [0, 0.05) is 30.0 Å². The highest BCUT2D eigenvalue weighted by Crippen LogP contribution is 2.77. The van der Waals surface area contributed by atoms with Gasteiger partial charge >= 0.3 is 11.9 Å². The molecule has 8 nitrogen and oxygen atoms in total. The lowest BCUT2D eigenvalue weighted by molar-refractivity contribution is -0.235. The van der Waals surface area contributed by atoms with Crippen LogP contribution in [0.25, 0.3) is 0 Å². The molecule has 3 N–H and O–H groups in total. The second kappa shape index (κ2) is 13.7. The molecule has 0 aromatic carbocycles. The number of hydrogen-bond acceptors (Lipinski definition) is 7. The normalized spacial score (nSPS) is 36.9. The predicted molar refractivity (Wildman–Crippen MR) is 212 cm³/mol. The first-order chi connectivity index (χ1) is 24.9. The monoisotopic (exact) mass is 766 g/mol. The number of aliphatic carboxylic acids is 1. The quantitative estimate of drug-likeness (QED) is 0.201.